The van der Waals surface area contributed by atoms with Crippen molar-refractivity contribution in [3.8, 4) is 0 Å². The zero-order valence-electron chi connectivity index (χ0n) is 18.4. The minimum Gasteiger partial charge on any atom is -0.325 e. The number of nitrogens with zero attached hydrogens (tertiary/aromatic N) is 6. The molecule has 0 bridgehead atoms. The zero-order valence-corrected chi connectivity index (χ0v) is 19.9. The van der Waals surface area contributed by atoms with Gasteiger partial charge in [0.25, 0.3) is 5.56 Å². The molecule has 172 valence electrons. The van der Waals surface area contributed by atoms with E-state index in [0.717, 1.165) is 56.7 Å². The highest BCUT2D eigenvalue weighted by atomic mass is 35.5. The molecule has 1 aromatic carbocycles. The monoisotopic (exact) mass is 478 g/mol. The number of rotatable bonds is 6. The summed E-state index contributed by atoms with van der Waals surface area (Å²) < 4.78 is 4.42. The van der Waals surface area contributed by atoms with Gasteiger partial charge in [-0.2, -0.15) is 0 Å². The Morgan fingerprint density at radius 1 is 0.938 bits per heavy atom. The van der Waals surface area contributed by atoms with Gasteiger partial charge in [-0.15, -0.1) is 0 Å². The minimum absolute atomic E-state index is 0.298. The topological polar surface area (TPSA) is 68.3 Å². The first-order valence-electron chi connectivity index (χ1n) is 10.8. The van der Waals surface area contributed by atoms with Crippen LogP contribution in [-0.2, 0) is 27.2 Å². The molecule has 0 aliphatic carbocycles. The first-order chi connectivity index (χ1) is 15.3. The summed E-state index contributed by atoms with van der Waals surface area (Å²) in [6.07, 6.45) is 3.68. The number of halogens is 2. The molecular weight excluding hydrogens is 451 g/mol. The molecule has 3 heterocycles. The van der Waals surface area contributed by atoms with E-state index in [1.807, 2.05) is 22.8 Å². The van der Waals surface area contributed by atoms with E-state index in [2.05, 4.69) is 14.8 Å². The van der Waals surface area contributed by atoms with Crippen LogP contribution in [-0.4, -0.2) is 61.2 Å². The molecule has 1 aliphatic heterocycles. The van der Waals surface area contributed by atoms with Crippen LogP contribution in [0.2, 0.25) is 10.0 Å². The third-order valence-electron chi connectivity index (χ3n) is 6.16. The Hall–Kier alpha value is -2.13. The molecule has 0 unspecified atom stereocenters. The Labute approximate surface area is 196 Å². The molecule has 1 fully saturated rings. The fourth-order valence-corrected chi connectivity index (χ4v) is 4.65. The van der Waals surface area contributed by atoms with Crippen LogP contribution < -0.4 is 11.2 Å². The van der Waals surface area contributed by atoms with Gasteiger partial charge in [0.2, 0.25) is 0 Å². The van der Waals surface area contributed by atoms with Crippen molar-refractivity contribution in [3.63, 3.8) is 0 Å². The lowest BCUT2D eigenvalue weighted by atomic mass is 10.2. The van der Waals surface area contributed by atoms with Crippen molar-refractivity contribution in [2.45, 2.75) is 25.9 Å². The molecule has 8 nitrogen and oxygen atoms in total. The molecule has 0 spiro atoms. The average Bonchev–Trinajstić information content (AvgIpc) is 3.07. The third-order valence-corrected chi connectivity index (χ3v) is 6.90. The van der Waals surface area contributed by atoms with Gasteiger partial charge in [-0.05, 0) is 50.2 Å². The lowest BCUT2D eigenvalue weighted by molar-refractivity contribution is 0.248. The Bertz CT molecular complexity index is 1230. The fraction of sp³-hybridized carbons (Fsp3) is 0.500. The third kappa shape index (κ3) is 4.78. The van der Waals surface area contributed by atoms with Crippen molar-refractivity contribution in [2.24, 2.45) is 14.1 Å². The van der Waals surface area contributed by atoms with E-state index in [-0.39, 0.29) is 11.2 Å². The van der Waals surface area contributed by atoms with E-state index in [0.29, 0.717) is 27.8 Å². The number of hydrogen-bond donors (Lipinski definition) is 0. The Kier molecular flexibility index (Phi) is 7.05. The van der Waals surface area contributed by atoms with Crippen LogP contribution in [0.25, 0.3) is 11.2 Å². The smallest absolute Gasteiger partial charge is 0.325 e. The summed E-state index contributed by atoms with van der Waals surface area (Å²) in [5, 5.41) is 1.19. The predicted molar refractivity (Wildman–Crippen MR) is 128 cm³/mol. The number of benzene rings is 1. The maximum absolute atomic E-state index is 12.6. The maximum Gasteiger partial charge on any atom is 0.332 e. The van der Waals surface area contributed by atoms with Gasteiger partial charge in [0, 0.05) is 40.3 Å². The largest absolute Gasteiger partial charge is 0.332 e. The van der Waals surface area contributed by atoms with Crippen molar-refractivity contribution in [1.29, 1.82) is 0 Å². The van der Waals surface area contributed by atoms with Crippen LogP contribution in [0, 0.1) is 0 Å². The second-order valence-corrected chi connectivity index (χ2v) is 9.20. The van der Waals surface area contributed by atoms with Crippen LogP contribution >= 0.6 is 23.2 Å². The molecule has 32 heavy (non-hydrogen) atoms. The number of aromatic nitrogens is 4. The van der Waals surface area contributed by atoms with Crippen molar-refractivity contribution in [3.05, 3.63) is 61.0 Å². The molecule has 0 radical (unpaired) electrons. The summed E-state index contributed by atoms with van der Waals surface area (Å²) in [6.45, 7) is 6.61. The lowest BCUT2D eigenvalue weighted by Crippen LogP contribution is -2.37. The summed E-state index contributed by atoms with van der Waals surface area (Å²) in [5.74, 6) is 0. The van der Waals surface area contributed by atoms with Gasteiger partial charge in [0.05, 0.1) is 16.4 Å². The molecule has 10 heteroatoms. The summed E-state index contributed by atoms with van der Waals surface area (Å²) >= 11 is 12.2. The Morgan fingerprint density at radius 3 is 2.47 bits per heavy atom. The minimum atomic E-state index is -0.359. The van der Waals surface area contributed by atoms with Gasteiger partial charge in [0.15, 0.2) is 11.2 Å². The second kappa shape index (κ2) is 9.79. The van der Waals surface area contributed by atoms with Crippen LogP contribution in [0.15, 0.2) is 34.1 Å². The molecule has 0 N–H and O–H groups in total. The number of imidazole rings is 1. The van der Waals surface area contributed by atoms with Gasteiger partial charge < -0.3 is 9.47 Å². The maximum atomic E-state index is 12.6. The highest BCUT2D eigenvalue weighted by Gasteiger charge is 2.17. The zero-order chi connectivity index (χ0) is 22.8. The van der Waals surface area contributed by atoms with E-state index >= 15 is 0 Å². The van der Waals surface area contributed by atoms with E-state index in [1.54, 1.807) is 13.4 Å². The summed E-state index contributed by atoms with van der Waals surface area (Å²) in [5.41, 5.74) is 1.44. The molecule has 2 aromatic heterocycles. The standard InChI is InChI=1S/C22H28Cl2N6O2/c1-26-20-19(21(31)27(2)22(26)32)30(15-25-20)10-4-8-28-7-3-9-29(12-11-28)14-16-5-6-17(23)18(24)13-16/h5-6,13,15H,3-4,7-12,14H2,1-2H3. The molecule has 0 amide bonds. The molecular formula is C22H28Cl2N6O2. The van der Waals surface area contributed by atoms with E-state index in [1.165, 1.54) is 17.2 Å². The van der Waals surface area contributed by atoms with Crippen LogP contribution in [0.3, 0.4) is 0 Å². The first kappa shape index (κ1) is 23.0. The van der Waals surface area contributed by atoms with Crippen LogP contribution in [0.5, 0.6) is 0 Å². The number of aryl methyl sites for hydroxylation is 2. The summed E-state index contributed by atoms with van der Waals surface area (Å²) in [4.78, 5) is 33.9. The summed E-state index contributed by atoms with van der Waals surface area (Å²) in [7, 11) is 3.14. The molecule has 0 atom stereocenters. The van der Waals surface area contributed by atoms with Crippen molar-refractivity contribution in [1.82, 2.24) is 28.5 Å². The van der Waals surface area contributed by atoms with Crippen molar-refractivity contribution in [2.75, 3.05) is 32.7 Å². The van der Waals surface area contributed by atoms with Gasteiger partial charge in [-0.3, -0.25) is 18.8 Å². The highest BCUT2D eigenvalue weighted by Crippen LogP contribution is 2.23. The van der Waals surface area contributed by atoms with Gasteiger partial charge in [-0.1, -0.05) is 29.3 Å². The van der Waals surface area contributed by atoms with Crippen molar-refractivity contribution < 1.29 is 0 Å². The highest BCUT2D eigenvalue weighted by molar-refractivity contribution is 6.42. The Balaban J connectivity index is 1.33. The quantitative estimate of drug-likeness (QED) is 0.543. The van der Waals surface area contributed by atoms with Crippen LogP contribution in [0.1, 0.15) is 18.4 Å². The van der Waals surface area contributed by atoms with Crippen LogP contribution in [0.4, 0.5) is 0 Å². The van der Waals surface area contributed by atoms with Crippen molar-refractivity contribution >= 4 is 34.4 Å². The lowest BCUT2D eigenvalue weighted by Gasteiger charge is -2.22. The molecule has 0 saturated carbocycles. The van der Waals surface area contributed by atoms with Gasteiger partial charge in [0.1, 0.15) is 0 Å². The SMILES string of the molecule is Cn1c(=O)c2c(ncn2CCCN2CCCN(Cc3ccc(Cl)c(Cl)c3)CC2)n(C)c1=O. The van der Waals surface area contributed by atoms with E-state index < -0.39 is 0 Å². The van der Waals surface area contributed by atoms with E-state index in [9.17, 15) is 9.59 Å². The second-order valence-electron chi connectivity index (χ2n) is 8.39. The fourth-order valence-electron chi connectivity index (χ4n) is 4.33. The Morgan fingerprint density at radius 2 is 1.69 bits per heavy atom. The molecule has 1 saturated heterocycles. The molecule has 1 aliphatic rings. The normalized spacial score (nSPS) is 16.0. The predicted octanol–water partition coefficient (Wildman–Crippen LogP) is 2.34. The number of hydrogen-bond acceptors (Lipinski definition) is 5. The average molecular weight is 479 g/mol. The first-order valence-corrected chi connectivity index (χ1v) is 11.6. The number of fused-ring (bicyclic) bond motifs is 1. The van der Waals surface area contributed by atoms with Gasteiger partial charge >= 0.3 is 5.69 Å². The van der Waals surface area contributed by atoms with E-state index in [4.69, 9.17) is 23.2 Å². The molecule has 4 rings (SSSR count). The molecule has 3 aromatic rings. The summed E-state index contributed by atoms with van der Waals surface area (Å²) in [6, 6.07) is 5.84. The van der Waals surface area contributed by atoms with Gasteiger partial charge in [-0.25, -0.2) is 9.78 Å².